The fourth-order valence-electron chi connectivity index (χ4n) is 16.3. The van der Waals surface area contributed by atoms with Crippen LogP contribution in [-0.4, -0.2) is 289 Å². The van der Waals surface area contributed by atoms with Crippen LogP contribution in [0.3, 0.4) is 0 Å². The van der Waals surface area contributed by atoms with Crippen LogP contribution in [0.2, 0.25) is 0 Å². The number of nitrogens with zero attached hydrogens (tertiary/aromatic N) is 5. The molecule has 13 atom stereocenters. The highest BCUT2D eigenvalue weighted by Crippen LogP contribution is 2.27. The number of nitrogens with one attached hydrogen (secondary N) is 15. The van der Waals surface area contributed by atoms with E-state index in [1.54, 1.807) is 135 Å². The molecule has 0 aliphatic carbocycles. The highest BCUT2D eigenvalue weighted by atomic mass is 32.2. The van der Waals surface area contributed by atoms with Gasteiger partial charge in [0, 0.05) is 118 Å². The number of para-hydroxylation sites is 2. The first kappa shape index (κ1) is 105. The first-order valence-electron chi connectivity index (χ1n) is 45.1. The monoisotopic (exact) mass is 1880 g/mol. The molecule has 41 nitrogen and oxygen atoms in total. The van der Waals surface area contributed by atoms with Crippen LogP contribution in [0.15, 0.2) is 134 Å². The van der Waals surface area contributed by atoms with E-state index in [-0.39, 0.29) is 96.1 Å². The number of imidazole rings is 1. The molecule has 0 unspecified atom stereocenters. The first-order chi connectivity index (χ1) is 64.5. The standard InChI is InChI=1S/C93H125N23O18S/c1-8-9-31-75-87(129)105-66(30-20-35-99-93(96)97)83(125)112-74(82(124)102-47-78(95)120)50-135-51-79(121)104-71(38-56-24-14-11-15-25-56)91(133)114(6)54(4)80(122)109-72(43-77(94)119)92(134)116-36-21-32-76(116)88(130)108-69(42-60-46-98-52-103-60)85(127)110-70(37-53(2)3)89(131)113(5)48-61(118)40-57(39-58-44-100-64-28-18-16-26-62(58)64)81(123)111-73(49-117)86(128)107-68(41-59-45-101-65-29-19-17-27-63(59)65)84(126)106-67(90(132)115(75)7)34-33-55-22-12-10-13-23-55/h10-19,22-29,44-46,52-54,57,66-76,100-101,117H,8-9,20-21,30-43,47-51H2,1-7H3,(H2,94,119)(H2,95,120)(H,98,103)(H,102,124)(H,104,121)(H,105,129)(H,106,126)(H,107,128)(H,108,130)(H,109,122)(H,110,127)(H,111,123)(H,112,125)(H4,96,97,99)/t54-,57+,66-,67-,68-,69-,70-,71-,72-,73-,74-,75-,76-/m0/s1. The Morgan fingerprint density at radius 1 is 0.556 bits per heavy atom. The molecule has 22 N–H and O–H groups in total. The zero-order valence-electron chi connectivity index (χ0n) is 76.8. The van der Waals surface area contributed by atoms with E-state index in [1.165, 1.54) is 40.6 Å². The lowest BCUT2D eigenvalue weighted by Crippen LogP contribution is -2.60. The van der Waals surface area contributed by atoms with Gasteiger partial charge in [0.15, 0.2) is 11.7 Å². The summed E-state index contributed by atoms with van der Waals surface area (Å²) in [5.41, 5.74) is 20.9. The predicted molar refractivity (Wildman–Crippen MR) is 501 cm³/mol. The largest absolute Gasteiger partial charge is 0.394 e. The number of amides is 16. The van der Waals surface area contributed by atoms with E-state index in [1.807, 2.05) is 6.92 Å². The number of carbonyl (C=O) groups excluding carboxylic acids is 17. The summed E-state index contributed by atoms with van der Waals surface area (Å²) in [6.45, 7) is 4.20. The van der Waals surface area contributed by atoms with Crippen LogP contribution < -0.4 is 75.7 Å². The molecule has 2 aliphatic rings. The number of aryl methyl sites for hydroxylation is 1. The summed E-state index contributed by atoms with van der Waals surface area (Å²) < 4.78 is 0. The van der Waals surface area contributed by atoms with E-state index in [9.17, 15) is 62.6 Å². The SMILES string of the molecule is CCCC[C@H]1C(=O)N[C@@H](CCCNC(=N)N)C(=O)N[C@H](C(=O)NCC(N)=O)CSCC(=O)N[C@@H](Cc2ccccc2)C(=O)N(C)[C@@H](C)C(=O)N[C@@H](CC(N)=O)C(=O)N2CCC[C@H]2C(=O)N[C@@H](Cc2cnc[nH]2)C(=O)N[C@@H](CC(C)C)C(=O)N(C)CC(=O)C[C@@H](Cc2c[nH]c3ccccc23)C(=O)N[C@@H](CO)C(=O)N[C@@H](Cc2c[nH]c3ccccc23)C(=O)N[C@@H](CCc2ccccc2)C(=O)N1C. The number of aromatic amines is 3. The molecule has 0 bridgehead atoms. The van der Waals surface area contributed by atoms with E-state index < -0.39 is 229 Å². The fourth-order valence-corrected chi connectivity index (χ4v) is 17.1. The molecule has 2 fully saturated rings. The Labute approximate surface area is 785 Å². The summed E-state index contributed by atoms with van der Waals surface area (Å²) in [7, 11) is 3.92. The average molecular weight is 1890 g/mol. The highest BCUT2D eigenvalue weighted by Gasteiger charge is 2.44. The third-order valence-electron chi connectivity index (χ3n) is 23.7. The number of carbonyl (C=O) groups is 17. The van der Waals surface area contributed by atoms with Crippen LogP contribution in [0.1, 0.15) is 126 Å². The second-order valence-corrected chi connectivity index (χ2v) is 35.5. The minimum atomic E-state index is -1.83. The molecule has 135 heavy (non-hydrogen) atoms. The topological polar surface area (TPSA) is 618 Å². The van der Waals surface area contributed by atoms with E-state index >= 15 is 24.0 Å². The van der Waals surface area contributed by atoms with Gasteiger partial charge in [-0.25, -0.2) is 4.98 Å². The number of aliphatic hydroxyl groups is 1. The molecular weight excluding hydrogens is 1760 g/mol. The van der Waals surface area contributed by atoms with Gasteiger partial charge in [-0.2, -0.15) is 0 Å². The van der Waals surface area contributed by atoms with Gasteiger partial charge < -0.3 is 115 Å². The van der Waals surface area contributed by atoms with Crippen molar-refractivity contribution in [1.82, 2.24) is 98.0 Å². The molecular formula is C93H125N23O18S. The summed E-state index contributed by atoms with van der Waals surface area (Å²) in [5.74, 6) is -18.3. The van der Waals surface area contributed by atoms with Gasteiger partial charge in [0.1, 0.15) is 72.5 Å². The van der Waals surface area contributed by atoms with Crippen LogP contribution in [0.4, 0.5) is 0 Å². The molecule has 2 saturated heterocycles. The van der Waals surface area contributed by atoms with Gasteiger partial charge in [0.25, 0.3) is 0 Å². The zero-order chi connectivity index (χ0) is 98.1. The lowest BCUT2D eigenvalue weighted by molar-refractivity contribution is -0.145. The Morgan fingerprint density at radius 2 is 1.13 bits per heavy atom. The number of guanidine groups is 1. The van der Waals surface area contributed by atoms with Crippen molar-refractivity contribution in [3.8, 4) is 0 Å². The molecule has 0 saturated carbocycles. The van der Waals surface area contributed by atoms with Crippen LogP contribution in [0, 0.1) is 17.2 Å². The number of Topliss-reactive ketones (excluding diaryl/α,β-unsaturated/α-hetero) is 1. The van der Waals surface area contributed by atoms with Crippen LogP contribution in [-0.2, 0) is 114 Å². The maximum absolute atomic E-state index is 15.7. The van der Waals surface area contributed by atoms with Gasteiger partial charge in [-0.3, -0.25) is 86.9 Å². The number of aromatic nitrogens is 4. The minimum absolute atomic E-state index is 0.00665. The van der Waals surface area contributed by atoms with Crippen molar-refractivity contribution < 1.29 is 86.6 Å². The molecule has 3 aromatic heterocycles. The number of hydrogen-bond donors (Lipinski definition) is 19. The van der Waals surface area contributed by atoms with Gasteiger partial charge in [-0.05, 0) is 105 Å². The van der Waals surface area contributed by atoms with Gasteiger partial charge in [0.2, 0.25) is 94.5 Å². The molecule has 16 amide bonds. The third-order valence-corrected chi connectivity index (χ3v) is 24.7. The van der Waals surface area contributed by atoms with Gasteiger partial charge in [-0.15, -0.1) is 11.8 Å². The summed E-state index contributed by atoms with van der Waals surface area (Å²) in [6, 6.07) is 13.3. The van der Waals surface area contributed by atoms with E-state index in [2.05, 4.69) is 78.4 Å². The van der Waals surface area contributed by atoms with Crippen molar-refractivity contribution in [3.63, 3.8) is 0 Å². The molecule has 726 valence electrons. The fraction of sp³-hybridized carbons (Fsp3) is 0.473. The highest BCUT2D eigenvalue weighted by molar-refractivity contribution is 8.00. The molecule has 0 spiro atoms. The van der Waals surface area contributed by atoms with Crippen LogP contribution in [0.25, 0.3) is 21.8 Å². The van der Waals surface area contributed by atoms with Crippen molar-refractivity contribution in [2.45, 2.75) is 203 Å². The molecule has 42 heteroatoms. The maximum Gasteiger partial charge on any atom is 0.246 e. The van der Waals surface area contributed by atoms with Crippen molar-refractivity contribution >= 4 is 140 Å². The number of benzene rings is 4. The summed E-state index contributed by atoms with van der Waals surface area (Å²) in [5, 5.41) is 49.8. The van der Waals surface area contributed by atoms with E-state index in [0.717, 1.165) is 36.9 Å². The number of fused-ring (bicyclic) bond motifs is 3. The van der Waals surface area contributed by atoms with Crippen molar-refractivity contribution in [3.05, 3.63) is 162 Å². The van der Waals surface area contributed by atoms with E-state index in [4.69, 9.17) is 22.6 Å². The van der Waals surface area contributed by atoms with Crippen molar-refractivity contribution in [2.75, 3.05) is 65.4 Å². The third kappa shape index (κ3) is 31.0. The van der Waals surface area contributed by atoms with Gasteiger partial charge in [-0.1, -0.05) is 131 Å². The maximum atomic E-state index is 15.7. The quantitative estimate of drug-likeness (QED) is 0.0177. The van der Waals surface area contributed by atoms with Crippen LogP contribution >= 0.6 is 11.8 Å². The zero-order valence-corrected chi connectivity index (χ0v) is 77.6. The Morgan fingerprint density at radius 3 is 1.74 bits per heavy atom. The first-order valence-corrected chi connectivity index (χ1v) is 46.3. The normalized spacial score (nSPS) is 23.2. The smallest absolute Gasteiger partial charge is 0.246 e. The second-order valence-electron chi connectivity index (χ2n) is 34.5. The lowest BCUT2D eigenvalue weighted by atomic mass is 9.92. The minimum Gasteiger partial charge on any atom is -0.394 e. The number of likely N-dealkylation sites (N-methyl/N-ethyl adjacent to an activating group) is 3. The summed E-state index contributed by atoms with van der Waals surface area (Å²) in [6.07, 6.45) is 4.69. The molecule has 9 rings (SSSR count). The Bertz CT molecular complexity index is 5330. The molecule has 7 aromatic rings. The number of H-pyrrole nitrogens is 3. The molecule has 4 aromatic carbocycles. The van der Waals surface area contributed by atoms with Crippen molar-refractivity contribution in [2.24, 2.45) is 29.0 Å². The van der Waals surface area contributed by atoms with E-state index in [0.29, 0.717) is 57.0 Å². The number of unbranched alkanes of at least 4 members (excludes halogenated alkanes) is 1. The molecule has 0 radical (unpaired) electrons. The second kappa shape index (κ2) is 51.3. The summed E-state index contributed by atoms with van der Waals surface area (Å²) >= 11 is 0.792. The lowest BCUT2D eigenvalue weighted by Gasteiger charge is -2.33. The number of nitrogens with two attached hydrogens (primary N) is 3. The number of aliphatic hydroxyl groups excluding tert-OH is 1. The van der Waals surface area contributed by atoms with Gasteiger partial charge in [0.05, 0.1) is 38.2 Å². The number of thioether (sulfide) groups is 1. The Kier molecular flexibility index (Phi) is 39.7. The van der Waals surface area contributed by atoms with Crippen molar-refractivity contribution in [1.29, 1.82) is 5.41 Å². The number of primary amides is 2. The Balaban J connectivity index is 1.09. The Hall–Kier alpha value is -14.1. The van der Waals surface area contributed by atoms with Gasteiger partial charge >= 0.3 is 0 Å². The van der Waals surface area contributed by atoms with Crippen LogP contribution in [0.5, 0.6) is 0 Å². The molecule has 2 aliphatic heterocycles. The molecule has 5 heterocycles. The number of rotatable bonds is 26. The number of ketones is 1. The number of hydrogen-bond acceptors (Lipinski definition) is 21. The summed E-state index contributed by atoms with van der Waals surface area (Å²) in [4.78, 5) is 267. The average Bonchev–Trinajstić information content (AvgIpc) is 1.73. The predicted octanol–water partition coefficient (Wildman–Crippen LogP) is -0.947.